The number of aromatic carboxylic acids is 1. The highest BCUT2D eigenvalue weighted by Crippen LogP contribution is 2.40. The summed E-state index contributed by atoms with van der Waals surface area (Å²) in [6.45, 7) is 0. The lowest BCUT2D eigenvalue weighted by molar-refractivity contribution is 0.0690. The quantitative estimate of drug-likeness (QED) is 0.783. The van der Waals surface area contributed by atoms with E-state index in [1.165, 1.54) is 12.5 Å². The Morgan fingerprint density at radius 2 is 2.25 bits per heavy atom. The molecule has 0 bridgehead atoms. The molecule has 3 rings (SSSR count). The third-order valence-corrected chi connectivity index (χ3v) is 3.56. The molecule has 0 atom stereocenters. The monoisotopic (exact) mass is 275 g/mol. The van der Waals surface area contributed by atoms with Crippen LogP contribution in [0.3, 0.4) is 0 Å². The molecular weight excluding hydrogens is 262 g/mol. The Hall–Kier alpha value is -2.57. The zero-order valence-corrected chi connectivity index (χ0v) is 10.5. The van der Waals surface area contributed by atoms with Crippen LogP contribution in [0.15, 0.2) is 29.0 Å². The van der Waals surface area contributed by atoms with Crippen molar-refractivity contribution >= 4 is 11.9 Å². The number of carbonyl (C=O) groups excluding carboxylic acids is 1. The summed E-state index contributed by atoms with van der Waals surface area (Å²) < 4.78 is 5.05. The van der Waals surface area contributed by atoms with Gasteiger partial charge >= 0.3 is 5.97 Å². The van der Waals surface area contributed by atoms with Crippen molar-refractivity contribution in [3.05, 3.63) is 41.9 Å². The number of carboxylic acid groups (broad SMARTS) is 1. The third kappa shape index (κ3) is 1.97. The first-order valence-electron chi connectivity index (χ1n) is 6.25. The van der Waals surface area contributed by atoms with Gasteiger partial charge < -0.3 is 19.8 Å². The van der Waals surface area contributed by atoms with Crippen LogP contribution in [0.5, 0.6) is 0 Å². The topological polar surface area (TPSA) is 108 Å². The Balaban J connectivity index is 1.83. The van der Waals surface area contributed by atoms with Crippen molar-refractivity contribution in [3.8, 4) is 0 Å². The number of amides is 1. The predicted octanol–water partition coefficient (Wildman–Crippen LogP) is 1.51. The molecule has 1 aliphatic carbocycles. The first kappa shape index (κ1) is 12.5. The molecular formula is C13H13N3O4. The highest BCUT2D eigenvalue weighted by Gasteiger charge is 2.43. The molecule has 0 saturated heterocycles. The van der Waals surface area contributed by atoms with Crippen LogP contribution in [0.25, 0.3) is 0 Å². The zero-order chi connectivity index (χ0) is 14.2. The van der Waals surface area contributed by atoms with Crippen LogP contribution >= 0.6 is 0 Å². The highest BCUT2D eigenvalue weighted by atomic mass is 16.4. The number of carboxylic acids is 1. The van der Waals surface area contributed by atoms with E-state index in [1.54, 1.807) is 12.1 Å². The number of rotatable bonds is 4. The molecule has 2 aromatic rings. The number of furan rings is 1. The van der Waals surface area contributed by atoms with Gasteiger partial charge in [-0.3, -0.25) is 4.79 Å². The number of aromatic amines is 1. The number of aromatic nitrogens is 2. The number of hydrogen-bond acceptors (Lipinski definition) is 4. The fourth-order valence-electron chi connectivity index (χ4n) is 2.31. The molecule has 7 nitrogen and oxygen atoms in total. The smallest absolute Gasteiger partial charge is 0.353 e. The number of imidazole rings is 1. The second-order valence-corrected chi connectivity index (χ2v) is 4.82. The normalized spacial score (nSPS) is 16.4. The lowest BCUT2D eigenvalue weighted by Gasteiger charge is -2.40. The molecule has 104 valence electrons. The third-order valence-electron chi connectivity index (χ3n) is 3.56. The maximum Gasteiger partial charge on any atom is 0.353 e. The second kappa shape index (κ2) is 4.52. The maximum atomic E-state index is 12.1. The van der Waals surface area contributed by atoms with Crippen LogP contribution in [0.2, 0.25) is 0 Å². The fourth-order valence-corrected chi connectivity index (χ4v) is 2.31. The molecule has 0 unspecified atom stereocenters. The van der Waals surface area contributed by atoms with Gasteiger partial charge in [-0.2, -0.15) is 0 Å². The lowest BCUT2D eigenvalue weighted by Crippen LogP contribution is -2.51. The van der Waals surface area contributed by atoms with E-state index in [-0.39, 0.29) is 17.4 Å². The van der Waals surface area contributed by atoms with Crippen LogP contribution in [0.1, 0.15) is 46.1 Å². The summed E-state index contributed by atoms with van der Waals surface area (Å²) in [5.74, 6) is -0.707. The second-order valence-electron chi connectivity index (χ2n) is 4.82. The SMILES string of the molecule is O=C(O)c1cnc(C2(NC(=O)c3ccco3)CCC2)[nH]1. The van der Waals surface area contributed by atoms with Crippen molar-refractivity contribution in [1.29, 1.82) is 0 Å². The summed E-state index contributed by atoms with van der Waals surface area (Å²) in [4.78, 5) is 29.8. The molecule has 20 heavy (non-hydrogen) atoms. The minimum Gasteiger partial charge on any atom is -0.477 e. The Morgan fingerprint density at radius 3 is 2.75 bits per heavy atom. The molecule has 3 N–H and O–H groups in total. The van der Waals surface area contributed by atoms with Gasteiger partial charge in [0, 0.05) is 0 Å². The number of nitrogens with zero attached hydrogens (tertiary/aromatic N) is 1. The van der Waals surface area contributed by atoms with Crippen molar-refractivity contribution in [3.63, 3.8) is 0 Å². The standard InChI is InChI=1S/C13H13N3O4/c17-10(9-3-1-6-20-9)16-13(4-2-5-13)12-14-7-8(15-12)11(18)19/h1,3,6-7H,2,4-5H2,(H,14,15)(H,16,17)(H,18,19). The van der Waals surface area contributed by atoms with E-state index < -0.39 is 11.5 Å². The van der Waals surface area contributed by atoms with Crippen molar-refractivity contribution in [1.82, 2.24) is 15.3 Å². The molecule has 0 spiro atoms. The van der Waals surface area contributed by atoms with Gasteiger partial charge in [0.1, 0.15) is 11.5 Å². The van der Waals surface area contributed by atoms with Gasteiger partial charge in [0.15, 0.2) is 5.76 Å². The Labute approximate surface area is 114 Å². The van der Waals surface area contributed by atoms with Crippen molar-refractivity contribution < 1.29 is 19.1 Å². The van der Waals surface area contributed by atoms with E-state index in [4.69, 9.17) is 9.52 Å². The van der Waals surface area contributed by atoms with Gasteiger partial charge in [0.05, 0.1) is 18.0 Å². The van der Waals surface area contributed by atoms with Crippen LogP contribution in [0.4, 0.5) is 0 Å². The van der Waals surface area contributed by atoms with E-state index in [1.807, 2.05) is 0 Å². The minimum atomic E-state index is -1.07. The summed E-state index contributed by atoms with van der Waals surface area (Å²) in [5.41, 5.74) is -0.615. The Morgan fingerprint density at radius 1 is 1.45 bits per heavy atom. The number of carbonyl (C=O) groups is 2. The average Bonchev–Trinajstić information content (AvgIpc) is 3.03. The highest BCUT2D eigenvalue weighted by molar-refractivity contribution is 5.92. The van der Waals surface area contributed by atoms with Gasteiger partial charge in [-0.05, 0) is 31.4 Å². The summed E-state index contributed by atoms with van der Waals surface area (Å²) in [6.07, 6.45) is 5.06. The molecule has 2 heterocycles. The predicted molar refractivity (Wildman–Crippen MR) is 67.3 cm³/mol. The first-order chi connectivity index (χ1) is 9.61. The molecule has 7 heteroatoms. The van der Waals surface area contributed by atoms with Crippen LogP contribution in [0, 0.1) is 0 Å². The van der Waals surface area contributed by atoms with E-state index >= 15 is 0 Å². The minimum absolute atomic E-state index is 0.0125. The van der Waals surface area contributed by atoms with Crippen LogP contribution < -0.4 is 5.32 Å². The molecule has 1 aliphatic rings. The van der Waals surface area contributed by atoms with Gasteiger partial charge in [-0.15, -0.1) is 0 Å². The Bertz CT molecular complexity index is 640. The molecule has 0 aliphatic heterocycles. The first-order valence-corrected chi connectivity index (χ1v) is 6.25. The van der Waals surface area contributed by atoms with Gasteiger partial charge in [-0.25, -0.2) is 9.78 Å². The molecule has 0 aromatic carbocycles. The van der Waals surface area contributed by atoms with Crippen LogP contribution in [-0.4, -0.2) is 27.0 Å². The van der Waals surface area contributed by atoms with E-state index in [9.17, 15) is 9.59 Å². The average molecular weight is 275 g/mol. The van der Waals surface area contributed by atoms with Crippen molar-refractivity contribution in [2.45, 2.75) is 24.8 Å². The maximum absolute atomic E-state index is 12.1. The van der Waals surface area contributed by atoms with Gasteiger partial charge in [0.25, 0.3) is 5.91 Å². The summed E-state index contributed by atoms with van der Waals surface area (Å²) in [5, 5.41) is 11.8. The van der Waals surface area contributed by atoms with E-state index in [2.05, 4.69) is 15.3 Å². The van der Waals surface area contributed by atoms with E-state index in [0.717, 1.165) is 6.42 Å². The summed E-state index contributed by atoms with van der Waals surface area (Å²) >= 11 is 0. The molecule has 2 aromatic heterocycles. The number of H-pyrrole nitrogens is 1. The fraction of sp³-hybridized carbons (Fsp3) is 0.308. The zero-order valence-electron chi connectivity index (χ0n) is 10.5. The largest absolute Gasteiger partial charge is 0.477 e. The summed E-state index contributed by atoms with van der Waals surface area (Å²) in [6, 6.07) is 3.21. The van der Waals surface area contributed by atoms with Crippen molar-refractivity contribution in [2.24, 2.45) is 0 Å². The Kier molecular flexibility index (Phi) is 2.81. The molecule has 0 radical (unpaired) electrons. The van der Waals surface area contributed by atoms with E-state index in [0.29, 0.717) is 18.7 Å². The van der Waals surface area contributed by atoms with Gasteiger partial charge in [0.2, 0.25) is 0 Å². The molecule has 1 saturated carbocycles. The van der Waals surface area contributed by atoms with Crippen molar-refractivity contribution in [2.75, 3.05) is 0 Å². The molecule has 1 amide bonds. The van der Waals surface area contributed by atoms with Gasteiger partial charge in [-0.1, -0.05) is 0 Å². The molecule has 1 fully saturated rings. The van der Waals surface area contributed by atoms with Crippen LogP contribution in [-0.2, 0) is 5.54 Å². The number of nitrogens with one attached hydrogen (secondary N) is 2. The number of hydrogen-bond donors (Lipinski definition) is 3. The summed E-state index contributed by atoms with van der Waals surface area (Å²) in [7, 11) is 0. The lowest BCUT2D eigenvalue weighted by atomic mass is 9.76.